The summed E-state index contributed by atoms with van der Waals surface area (Å²) in [6, 6.07) is 23.8. The van der Waals surface area contributed by atoms with Crippen LogP contribution in [0.25, 0.3) is 34.2 Å². The highest BCUT2D eigenvalue weighted by atomic mass is 15.0. The van der Waals surface area contributed by atoms with Gasteiger partial charge in [-0.25, -0.2) is 15.0 Å². The zero-order valence-corrected chi connectivity index (χ0v) is 13.8. The number of aryl methyl sites for hydroxylation is 1. The fourth-order valence-electron chi connectivity index (χ4n) is 2.54. The number of nitrogens with zero attached hydrogens (tertiary/aromatic N) is 4. The molecule has 4 heteroatoms. The summed E-state index contributed by atoms with van der Waals surface area (Å²) in [7, 11) is 0. The van der Waals surface area contributed by atoms with Gasteiger partial charge >= 0.3 is 0 Å². The average Bonchev–Trinajstić information content (AvgIpc) is 2.69. The largest absolute Gasteiger partial charge is 0.261 e. The minimum atomic E-state index is 0.625. The molecule has 0 saturated carbocycles. The molecule has 0 aliphatic rings. The van der Waals surface area contributed by atoms with Gasteiger partial charge in [-0.2, -0.15) is 0 Å². The second-order valence-electron chi connectivity index (χ2n) is 5.73. The maximum Gasteiger partial charge on any atom is 0.165 e. The van der Waals surface area contributed by atoms with Crippen molar-refractivity contribution >= 4 is 0 Å². The van der Waals surface area contributed by atoms with Gasteiger partial charge in [-0.1, -0.05) is 60.7 Å². The number of pyridine rings is 1. The highest BCUT2D eigenvalue weighted by molar-refractivity contribution is 5.65. The van der Waals surface area contributed by atoms with Gasteiger partial charge in [0.2, 0.25) is 0 Å². The first kappa shape index (κ1) is 15.1. The molecule has 0 amide bonds. The van der Waals surface area contributed by atoms with E-state index in [-0.39, 0.29) is 0 Å². The Balaban J connectivity index is 1.90. The third-order valence-corrected chi connectivity index (χ3v) is 3.87. The molecule has 0 N–H and O–H groups in total. The Morgan fingerprint density at radius 1 is 0.520 bits per heavy atom. The fraction of sp³-hybridized carbons (Fsp3) is 0.0476. The molecule has 0 fully saturated rings. The molecule has 0 unspecified atom stereocenters. The molecule has 120 valence electrons. The lowest BCUT2D eigenvalue weighted by Crippen LogP contribution is -2.00. The molecule has 4 aromatic rings. The average molecular weight is 324 g/mol. The van der Waals surface area contributed by atoms with Crippen molar-refractivity contribution in [1.29, 1.82) is 0 Å². The van der Waals surface area contributed by atoms with E-state index in [1.54, 1.807) is 6.20 Å². The summed E-state index contributed by atoms with van der Waals surface area (Å²) in [5.41, 5.74) is 3.76. The van der Waals surface area contributed by atoms with E-state index in [2.05, 4.69) is 19.9 Å². The number of benzene rings is 2. The van der Waals surface area contributed by atoms with E-state index in [9.17, 15) is 0 Å². The van der Waals surface area contributed by atoms with Crippen LogP contribution in [-0.4, -0.2) is 19.9 Å². The number of aromatic nitrogens is 4. The lowest BCUT2D eigenvalue weighted by Gasteiger charge is -2.08. The summed E-state index contributed by atoms with van der Waals surface area (Å²) in [5, 5.41) is 0. The van der Waals surface area contributed by atoms with E-state index < -0.39 is 0 Å². The van der Waals surface area contributed by atoms with Crippen molar-refractivity contribution in [3.05, 3.63) is 84.7 Å². The van der Waals surface area contributed by atoms with Crippen LogP contribution >= 0.6 is 0 Å². The van der Waals surface area contributed by atoms with Gasteiger partial charge in [0.1, 0.15) is 0 Å². The number of rotatable bonds is 3. The Labute approximate surface area is 146 Å². The third kappa shape index (κ3) is 3.28. The summed E-state index contributed by atoms with van der Waals surface area (Å²) in [4.78, 5) is 18.4. The maximum atomic E-state index is 4.67. The van der Waals surface area contributed by atoms with Gasteiger partial charge in [-0.05, 0) is 19.1 Å². The Morgan fingerprint density at radius 2 is 1.00 bits per heavy atom. The molecular weight excluding hydrogens is 308 g/mol. The smallest absolute Gasteiger partial charge is 0.165 e. The lowest BCUT2D eigenvalue weighted by atomic mass is 10.1. The van der Waals surface area contributed by atoms with Crippen LogP contribution in [0.1, 0.15) is 5.69 Å². The van der Waals surface area contributed by atoms with Crippen LogP contribution < -0.4 is 0 Å². The minimum Gasteiger partial charge on any atom is -0.261 e. The summed E-state index contributed by atoms with van der Waals surface area (Å²) in [5.74, 6) is 1.94. The van der Waals surface area contributed by atoms with Crippen LogP contribution in [0, 0.1) is 6.92 Å². The summed E-state index contributed by atoms with van der Waals surface area (Å²) in [6.45, 7) is 1.96. The molecule has 25 heavy (non-hydrogen) atoms. The lowest BCUT2D eigenvalue weighted by molar-refractivity contribution is 1.07. The Bertz CT molecular complexity index is 924. The molecule has 4 rings (SSSR count). The predicted molar refractivity (Wildman–Crippen MR) is 98.7 cm³/mol. The molecule has 0 bridgehead atoms. The molecule has 0 spiro atoms. The van der Waals surface area contributed by atoms with Gasteiger partial charge in [0, 0.05) is 28.6 Å². The first-order valence-electron chi connectivity index (χ1n) is 8.09. The van der Waals surface area contributed by atoms with Crippen molar-refractivity contribution in [3.63, 3.8) is 0 Å². The van der Waals surface area contributed by atoms with Gasteiger partial charge in [0.25, 0.3) is 0 Å². The van der Waals surface area contributed by atoms with Crippen LogP contribution in [0.2, 0.25) is 0 Å². The molecule has 0 saturated heterocycles. The second-order valence-corrected chi connectivity index (χ2v) is 5.73. The van der Waals surface area contributed by atoms with Crippen LogP contribution in [0.15, 0.2) is 79.0 Å². The topological polar surface area (TPSA) is 51.6 Å². The number of hydrogen-bond acceptors (Lipinski definition) is 4. The van der Waals surface area contributed by atoms with E-state index in [0.717, 1.165) is 22.4 Å². The maximum absolute atomic E-state index is 4.67. The summed E-state index contributed by atoms with van der Waals surface area (Å²) < 4.78 is 0. The Kier molecular flexibility index (Phi) is 4.01. The normalized spacial score (nSPS) is 10.6. The highest BCUT2D eigenvalue weighted by Crippen LogP contribution is 2.24. The van der Waals surface area contributed by atoms with Crippen molar-refractivity contribution in [2.75, 3.05) is 0 Å². The Hall–Kier alpha value is -3.40. The monoisotopic (exact) mass is 324 g/mol. The van der Waals surface area contributed by atoms with Crippen molar-refractivity contribution in [3.8, 4) is 34.2 Å². The van der Waals surface area contributed by atoms with Crippen molar-refractivity contribution < 1.29 is 0 Å². The number of hydrogen-bond donors (Lipinski definition) is 0. The Morgan fingerprint density at radius 3 is 1.44 bits per heavy atom. The van der Waals surface area contributed by atoms with Crippen LogP contribution in [0.5, 0.6) is 0 Å². The predicted octanol–water partition coefficient (Wildman–Crippen LogP) is 4.58. The van der Waals surface area contributed by atoms with Crippen LogP contribution in [0.3, 0.4) is 0 Å². The van der Waals surface area contributed by atoms with Crippen molar-refractivity contribution in [2.45, 2.75) is 6.92 Å². The second kappa shape index (κ2) is 6.61. The molecule has 4 nitrogen and oxygen atoms in total. The first-order chi connectivity index (χ1) is 12.3. The standard InChI is InChI=1S/C21H16N4/c1-15-12-13-18(14-22-15)21-24-19(16-8-4-2-5-9-16)23-20(25-21)17-10-6-3-7-11-17/h2-14H,1H3. The van der Waals surface area contributed by atoms with E-state index in [4.69, 9.17) is 0 Å². The SMILES string of the molecule is Cc1ccc(-c2nc(-c3ccccc3)nc(-c3ccccc3)n2)cn1. The van der Waals surface area contributed by atoms with E-state index in [0.29, 0.717) is 17.5 Å². The molecule has 0 aliphatic heterocycles. The molecule has 2 aromatic carbocycles. The van der Waals surface area contributed by atoms with E-state index in [1.165, 1.54) is 0 Å². The van der Waals surface area contributed by atoms with Crippen molar-refractivity contribution in [2.24, 2.45) is 0 Å². The van der Waals surface area contributed by atoms with Crippen LogP contribution in [0.4, 0.5) is 0 Å². The summed E-state index contributed by atoms with van der Waals surface area (Å²) in [6.07, 6.45) is 1.80. The zero-order valence-electron chi connectivity index (χ0n) is 13.8. The van der Waals surface area contributed by atoms with E-state index in [1.807, 2.05) is 79.7 Å². The minimum absolute atomic E-state index is 0.625. The quantitative estimate of drug-likeness (QED) is 0.553. The van der Waals surface area contributed by atoms with E-state index >= 15 is 0 Å². The third-order valence-electron chi connectivity index (χ3n) is 3.87. The van der Waals surface area contributed by atoms with Gasteiger partial charge in [0.15, 0.2) is 17.5 Å². The molecular formula is C21H16N4. The fourth-order valence-corrected chi connectivity index (χ4v) is 2.54. The molecule has 2 aromatic heterocycles. The van der Waals surface area contributed by atoms with Gasteiger partial charge in [-0.3, -0.25) is 4.98 Å². The molecule has 0 radical (unpaired) electrons. The highest BCUT2D eigenvalue weighted by Gasteiger charge is 2.11. The van der Waals surface area contributed by atoms with Gasteiger partial charge < -0.3 is 0 Å². The van der Waals surface area contributed by atoms with Crippen molar-refractivity contribution in [1.82, 2.24) is 19.9 Å². The summed E-state index contributed by atoms with van der Waals surface area (Å²) >= 11 is 0. The molecule has 2 heterocycles. The van der Waals surface area contributed by atoms with Gasteiger partial charge in [-0.15, -0.1) is 0 Å². The molecule has 0 aliphatic carbocycles. The zero-order chi connectivity index (χ0) is 17.1. The van der Waals surface area contributed by atoms with Gasteiger partial charge in [0.05, 0.1) is 0 Å². The van der Waals surface area contributed by atoms with Crippen LogP contribution in [-0.2, 0) is 0 Å². The molecule has 0 atom stereocenters. The first-order valence-corrected chi connectivity index (χ1v) is 8.09.